The number of esters is 1. The van der Waals surface area contributed by atoms with E-state index in [4.69, 9.17) is 9.47 Å². The summed E-state index contributed by atoms with van der Waals surface area (Å²) in [5.74, 6) is 0.144. The second-order valence-corrected chi connectivity index (χ2v) is 3.70. The molecule has 4 heteroatoms. The van der Waals surface area contributed by atoms with Crippen molar-refractivity contribution >= 4 is 5.97 Å². The highest BCUT2D eigenvalue weighted by molar-refractivity contribution is 5.83. The molecule has 1 aliphatic rings. The van der Waals surface area contributed by atoms with Crippen molar-refractivity contribution in [1.82, 2.24) is 0 Å². The third-order valence-corrected chi connectivity index (χ3v) is 2.49. The number of hydrogen-bond acceptors (Lipinski definition) is 4. The van der Waals surface area contributed by atoms with Crippen molar-refractivity contribution in [2.24, 2.45) is 0 Å². The molecule has 0 aromatic carbocycles. The monoisotopic (exact) mass is 214 g/mol. The molecule has 86 valence electrons. The first-order chi connectivity index (χ1) is 7.17. The second-order valence-electron chi connectivity index (χ2n) is 3.70. The number of aliphatic hydroxyl groups is 1. The lowest BCUT2D eigenvalue weighted by Crippen LogP contribution is -2.34. The van der Waals surface area contributed by atoms with Crippen LogP contribution in [0.1, 0.15) is 32.6 Å². The fourth-order valence-corrected chi connectivity index (χ4v) is 1.57. The Morgan fingerprint density at radius 2 is 2.47 bits per heavy atom. The fraction of sp³-hybridized carbons (Fsp3) is 0.727. The molecule has 0 radical (unpaired) electrons. The van der Waals surface area contributed by atoms with E-state index in [1.165, 1.54) is 13.2 Å². The van der Waals surface area contributed by atoms with Gasteiger partial charge in [0.05, 0.1) is 19.3 Å². The first-order valence-corrected chi connectivity index (χ1v) is 5.30. The van der Waals surface area contributed by atoms with Crippen LogP contribution in [0.25, 0.3) is 0 Å². The summed E-state index contributed by atoms with van der Waals surface area (Å²) in [4.78, 5) is 11.1. The molecule has 0 bridgehead atoms. The number of carbonyl (C=O) groups excluding carboxylic acids is 1. The van der Waals surface area contributed by atoms with Gasteiger partial charge in [0.25, 0.3) is 0 Å². The number of ether oxygens (including phenoxy) is 2. The summed E-state index contributed by atoms with van der Waals surface area (Å²) in [6.45, 7) is 2.06. The van der Waals surface area contributed by atoms with Gasteiger partial charge in [-0.25, -0.2) is 4.79 Å². The summed E-state index contributed by atoms with van der Waals surface area (Å²) in [7, 11) is 1.51. The largest absolute Gasteiger partial charge is 0.501 e. The topological polar surface area (TPSA) is 55.8 Å². The molecule has 0 aromatic heterocycles. The van der Waals surface area contributed by atoms with E-state index in [1.54, 1.807) is 0 Å². The molecule has 1 aliphatic heterocycles. The molecule has 1 rings (SSSR count). The maximum Gasteiger partial charge on any atom is 0.334 e. The molecule has 0 saturated carbocycles. The average Bonchev–Trinajstić information content (AvgIpc) is 2.24. The molecule has 0 aliphatic carbocycles. The molecular weight excluding hydrogens is 196 g/mol. The molecular formula is C11H18O4. The van der Waals surface area contributed by atoms with Gasteiger partial charge in [0, 0.05) is 6.42 Å². The number of aliphatic hydroxyl groups excluding tert-OH is 1. The van der Waals surface area contributed by atoms with Crippen molar-refractivity contribution in [1.29, 1.82) is 0 Å². The maximum atomic E-state index is 11.1. The van der Waals surface area contributed by atoms with E-state index in [0.29, 0.717) is 18.6 Å². The van der Waals surface area contributed by atoms with Gasteiger partial charge in [0.2, 0.25) is 0 Å². The van der Waals surface area contributed by atoms with Crippen LogP contribution in [0.4, 0.5) is 0 Å². The summed E-state index contributed by atoms with van der Waals surface area (Å²) in [5.41, 5.74) is 0. The highest BCUT2D eigenvalue weighted by Gasteiger charge is 2.28. The quantitative estimate of drug-likeness (QED) is 0.702. The van der Waals surface area contributed by atoms with Gasteiger partial charge in [-0.1, -0.05) is 19.8 Å². The molecule has 1 heterocycles. The maximum absolute atomic E-state index is 11.1. The molecule has 15 heavy (non-hydrogen) atoms. The van der Waals surface area contributed by atoms with Crippen molar-refractivity contribution < 1.29 is 19.4 Å². The molecule has 0 saturated heterocycles. The molecule has 0 amide bonds. The third-order valence-electron chi connectivity index (χ3n) is 2.49. The lowest BCUT2D eigenvalue weighted by atomic mass is 10.0. The minimum atomic E-state index is -0.590. The van der Waals surface area contributed by atoms with E-state index in [2.05, 4.69) is 6.92 Å². The number of rotatable bonds is 5. The van der Waals surface area contributed by atoms with Gasteiger partial charge < -0.3 is 14.6 Å². The highest BCUT2D eigenvalue weighted by atomic mass is 16.6. The van der Waals surface area contributed by atoms with E-state index >= 15 is 0 Å². The van der Waals surface area contributed by atoms with Crippen LogP contribution in [0.5, 0.6) is 0 Å². The minimum Gasteiger partial charge on any atom is -0.501 e. The van der Waals surface area contributed by atoms with Gasteiger partial charge in [-0.2, -0.15) is 0 Å². The van der Waals surface area contributed by atoms with Crippen LogP contribution in [0.3, 0.4) is 0 Å². The van der Waals surface area contributed by atoms with Crippen LogP contribution in [0.2, 0.25) is 0 Å². The first-order valence-electron chi connectivity index (χ1n) is 5.30. The Bertz CT molecular complexity index is 247. The number of hydrogen-bond donors (Lipinski definition) is 1. The summed E-state index contributed by atoms with van der Waals surface area (Å²) < 4.78 is 10.0. The normalized spacial score (nSPS) is 23.0. The van der Waals surface area contributed by atoms with Gasteiger partial charge >= 0.3 is 5.97 Å². The van der Waals surface area contributed by atoms with E-state index in [1.807, 2.05) is 0 Å². The van der Waals surface area contributed by atoms with E-state index < -0.39 is 18.2 Å². The van der Waals surface area contributed by atoms with Crippen molar-refractivity contribution in [3.8, 4) is 0 Å². The Morgan fingerprint density at radius 1 is 1.73 bits per heavy atom. The number of unbranched alkanes of at least 4 members (excludes halogenated alkanes) is 1. The van der Waals surface area contributed by atoms with Gasteiger partial charge in [-0.05, 0) is 6.42 Å². The van der Waals surface area contributed by atoms with Crippen molar-refractivity contribution in [3.63, 3.8) is 0 Å². The molecule has 0 aromatic rings. The fourth-order valence-electron chi connectivity index (χ4n) is 1.57. The summed E-state index contributed by atoms with van der Waals surface area (Å²) in [5, 5.41) is 9.78. The molecule has 4 nitrogen and oxygen atoms in total. The Kier molecular flexibility index (Phi) is 4.62. The molecule has 0 spiro atoms. The van der Waals surface area contributed by atoms with Crippen LogP contribution in [-0.4, -0.2) is 30.4 Å². The molecule has 2 atom stereocenters. The number of methoxy groups -OCH3 is 1. The number of carbonyl (C=O) groups is 1. The van der Waals surface area contributed by atoms with E-state index in [-0.39, 0.29) is 0 Å². The lowest BCUT2D eigenvalue weighted by molar-refractivity contribution is -0.152. The first kappa shape index (κ1) is 12.0. The van der Waals surface area contributed by atoms with Crippen molar-refractivity contribution in [2.45, 2.75) is 44.8 Å². The van der Waals surface area contributed by atoms with E-state index in [9.17, 15) is 9.90 Å². The van der Waals surface area contributed by atoms with Crippen LogP contribution >= 0.6 is 0 Å². The van der Waals surface area contributed by atoms with Gasteiger partial charge in [-0.15, -0.1) is 0 Å². The smallest absolute Gasteiger partial charge is 0.334 e. The minimum absolute atomic E-state index is 0.432. The van der Waals surface area contributed by atoms with Gasteiger partial charge in [0.15, 0.2) is 0 Å². The Hall–Kier alpha value is -1.03. The van der Waals surface area contributed by atoms with Crippen molar-refractivity contribution in [3.05, 3.63) is 11.8 Å². The summed E-state index contributed by atoms with van der Waals surface area (Å²) in [6, 6.07) is 0. The predicted molar refractivity (Wildman–Crippen MR) is 55.1 cm³/mol. The predicted octanol–water partition coefficient (Wildman–Crippen LogP) is 1.38. The second kappa shape index (κ2) is 5.75. The van der Waals surface area contributed by atoms with Crippen LogP contribution in [0.15, 0.2) is 11.8 Å². The van der Waals surface area contributed by atoms with Gasteiger partial charge in [-0.3, -0.25) is 0 Å². The van der Waals surface area contributed by atoms with Crippen LogP contribution in [-0.2, 0) is 14.3 Å². The molecule has 1 unspecified atom stereocenters. The zero-order chi connectivity index (χ0) is 11.3. The Labute approximate surface area is 89.9 Å². The highest BCUT2D eigenvalue weighted by Crippen LogP contribution is 2.21. The summed E-state index contributed by atoms with van der Waals surface area (Å²) in [6.07, 6.45) is 3.35. The number of cyclic esters (lactones) is 1. The SMILES string of the molecule is CCCC[C@H](O)C1CC(OC)=CC(=O)O1. The lowest BCUT2D eigenvalue weighted by Gasteiger charge is -2.26. The van der Waals surface area contributed by atoms with Gasteiger partial charge in [0.1, 0.15) is 11.9 Å². The van der Waals surface area contributed by atoms with E-state index in [0.717, 1.165) is 12.8 Å². The summed E-state index contributed by atoms with van der Waals surface area (Å²) >= 11 is 0. The molecule has 1 N–H and O–H groups in total. The van der Waals surface area contributed by atoms with Crippen LogP contribution < -0.4 is 0 Å². The standard InChI is InChI=1S/C11H18O4/c1-3-4-5-9(12)10-6-8(14-2)7-11(13)15-10/h7,9-10,12H,3-6H2,1-2H3/t9-,10?/m0/s1. The zero-order valence-corrected chi connectivity index (χ0v) is 9.23. The third kappa shape index (κ3) is 3.55. The Morgan fingerprint density at radius 3 is 3.07 bits per heavy atom. The van der Waals surface area contributed by atoms with Crippen LogP contribution in [0, 0.1) is 0 Å². The van der Waals surface area contributed by atoms with Crippen molar-refractivity contribution in [2.75, 3.05) is 7.11 Å². The Balaban J connectivity index is 2.50. The molecule has 0 fully saturated rings. The zero-order valence-electron chi connectivity index (χ0n) is 9.23. The average molecular weight is 214 g/mol.